The molecule has 3 N–H and O–H groups in total. The van der Waals surface area contributed by atoms with E-state index in [0.29, 0.717) is 10.6 Å². The van der Waals surface area contributed by atoms with E-state index in [1.165, 1.54) is 11.3 Å². The number of carbonyl (C=O) groups excluding carboxylic acids is 1. The molecule has 0 aliphatic rings. The van der Waals surface area contributed by atoms with Crippen molar-refractivity contribution in [2.75, 3.05) is 38.2 Å². The second-order valence-corrected chi connectivity index (χ2v) is 6.76. The van der Waals surface area contributed by atoms with Crippen LogP contribution in [0.25, 0.3) is 0 Å². The monoisotopic (exact) mass is 269 g/mol. The number of anilines is 2. The minimum atomic E-state index is 0.0260. The van der Waals surface area contributed by atoms with Crippen molar-refractivity contribution in [3.8, 4) is 0 Å². The normalized spacial score (nSPS) is 11.9. The molecule has 0 aliphatic heterocycles. The Morgan fingerprint density at radius 1 is 1.50 bits per heavy atom. The number of carbonyl (C=O) groups is 1. The molecule has 0 unspecified atom stereocenters. The predicted molar refractivity (Wildman–Crippen MR) is 79.6 cm³/mol. The van der Waals surface area contributed by atoms with Crippen molar-refractivity contribution in [3.05, 3.63) is 10.9 Å². The van der Waals surface area contributed by atoms with Crippen molar-refractivity contribution < 1.29 is 4.79 Å². The zero-order chi connectivity index (χ0) is 13.9. The number of rotatable bonds is 6. The van der Waals surface area contributed by atoms with E-state index in [2.05, 4.69) is 38.2 Å². The van der Waals surface area contributed by atoms with Crippen LogP contribution in [0, 0.1) is 5.41 Å². The van der Waals surface area contributed by atoms with Gasteiger partial charge in [-0.15, -0.1) is 11.3 Å². The SMILES string of the molecule is CC(=O)c1sc(NCC(C)(C)CN(C)C)cc1N. The van der Waals surface area contributed by atoms with Crippen LogP contribution < -0.4 is 11.1 Å². The maximum absolute atomic E-state index is 11.3. The van der Waals surface area contributed by atoms with Crippen LogP contribution in [-0.4, -0.2) is 37.9 Å². The van der Waals surface area contributed by atoms with Crippen LogP contribution in [0.3, 0.4) is 0 Å². The Kier molecular flexibility index (Phi) is 4.76. The van der Waals surface area contributed by atoms with E-state index in [1.807, 2.05) is 6.07 Å². The second-order valence-electron chi connectivity index (χ2n) is 5.71. The van der Waals surface area contributed by atoms with Gasteiger partial charge in [-0.05, 0) is 25.6 Å². The fraction of sp³-hybridized carbons (Fsp3) is 0.615. The largest absolute Gasteiger partial charge is 0.397 e. The maximum Gasteiger partial charge on any atom is 0.171 e. The number of thiophene rings is 1. The van der Waals surface area contributed by atoms with Gasteiger partial charge < -0.3 is 16.0 Å². The van der Waals surface area contributed by atoms with Crippen LogP contribution in [-0.2, 0) is 0 Å². The molecule has 0 fully saturated rings. The Balaban J connectivity index is 2.64. The number of nitrogen functional groups attached to an aromatic ring is 1. The van der Waals surface area contributed by atoms with Crippen molar-refractivity contribution in [2.24, 2.45) is 5.41 Å². The van der Waals surface area contributed by atoms with Crippen LogP contribution in [0.5, 0.6) is 0 Å². The number of Topliss-reactive ketones (excluding diaryl/α,β-unsaturated/α-hetero) is 1. The summed E-state index contributed by atoms with van der Waals surface area (Å²) in [5, 5.41) is 4.33. The van der Waals surface area contributed by atoms with Gasteiger partial charge in [-0.2, -0.15) is 0 Å². The molecule has 0 saturated carbocycles. The molecule has 4 nitrogen and oxygen atoms in total. The van der Waals surface area contributed by atoms with Crippen molar-refractivity contribution >= 4 is 27.8 Å². The molecule has 0 aliphatic carbocycles. The van der Waals surface area contributed by atoms with Gasteiger partial charge in [0, 0.05) is 20.0 Å². The zero-order valence-electron chi connectivity index (χ0n) is 11.8. The smallest absolute Gasteiger partial charge is 0.171 e. The van der Waals surface area contributed by atoms with Gasteiger partial charge in [-0.25, -0.2) is 0 Å². The van der Waals surface area contributed by atoms with Gasteiger partial charge in [0.25, 0.3) is 0 Å². The Hall–Kier alpha value is -1.07. The minimum Gasteiger partial charge on any atom is -0.397 e. The number of hydrogen-bond acceptors (Lipinski definition) is 5. The Bertz CT molecular complexity index is 424. The molecule has 0 radical (unpaired) electrons. The first-order valence-electron chi connectivity index (χ1n) is 6.00. The topological polar surface area (TPSA) is 58.4 Å². The summed E-state index contributed by atoms with van der Waals surface area (Å²) in [5.74, 6) is 0.0260. The number of nitrogens with zero attached hydrogens (tertiary/aromatic N) is 1. The summed E-state index contributed by atoms with van der Waals surface area (Å²) < 4.78 is 0. The summed E-state index contributed by atoms with van der Waals surface area (Å²) in [5.41, 5.74) is 6.54. The van der Waals surface area contributed by atoms with Gasteiger partial charge in [0.1, 0.15) is 0 Å². The van der Waals surface area contributed by atoms with E-state index in [-0.39, 0.29) is 11.2 Å². The Morgan fingerprint density at radius 2 is 2.11 bits per heavy atom. The molecule has 0 spiro atoms. The Labute approximate surface area is 113 Å². The van der Waals surface area contributed by atoms with Gasteiger partial charge in [-0.3, -0.25) is 4.79 Å². The first kappa shape index (κ1) is 15.0. The summed E-state index contributed by atoms with van der Waals surface area (Å²) in [4.78, 5) is 14.1. The molecule has 5 heteroatoms. The zero-order valence-corrected chi connectivity index (χ0v) is 12.6. The van der Waals surface area contributed by atoms with Crippen molar-refractivity contribution in [2.45, 2.75) is 20.8 Å². The van der Waals surface area contributed by atoms with E-state index in [1.54, 1.807) is 6.92 Å². The third-order valence-corrected chi connectivity index (χ3v) is 3.78. The van der Waals surface area contributed by atoms with E-state index < -0.39 is 0 Å². The molecule has 1 aromatic rings. The quantitative estimate of drug-likeness (QED) is 0.779. The lowest BCUT2D eigenvalue weighted by Crippen LogP contribution is -2.34. The highest BCUT2D eigenvalue weighted by Crippen LogP contribution is 2.30. The molecular weight excluding hydrogens is 246 g/mol. The molecule has 1 heterocycles. The molecule has 1 aromatic heterocycles. The standard InChI is InChI=1S/C13H23N3OS/c1-9(17)12-10(14)6-11(18-12)15-7-13(2,3)8-16(4)5/h6,15H,7-8,14H2,1-5H3. The van der Waals surface area contributed by atoms with Crippen LogP contribution in [0.15, 0.2) is 6.07 Å². The van der Waals surface area contributed by atoms with Gasteiger partial charge in [0.05, 0.1) is 15.6 Å². The fourth-order valence-electron chi connectivity index (χ4n) is 2.01. The lowest BCUT2D eigenvalue weighted by molar-refractivity contribution is 0.102. The van der Waals surface area contributed by atoms with Gasteiger partial charge in [-0.1, -0.05) is 13.8 Å². The van der Waals surface area contributed by atoms with E-state index in [9.17, 15) is 4.79 Å². The van der Waals surface area contributed by atoms with E-state index >= 15 is 0 Å². The van der Waals surface area contributed by atoms with Crippen LogP contribution in [0.2, 0.25) is 0 Å². The van der Waals surface area contributed by atoms with Gasteiger partial charge in [0.2, 0.25) is 0 Å². The van der Waals surface area contributed by atoms with Gasteiger partial charge >= 0.3 is 0 Å². The fourth-order valence-corrected chi connectivity index (χ4v) is 2.88. The molecule has 0 saturated heterocycles. The summed E-state index contributed by atoms with van der Waals surface area (Å²) in [6.07, 6.45) is 0. The van der Waals surface area contributed by atoms with Crippen molar-refractivity contribution in [3.63, 3.8) is 0 Å². The number of nitrogens with one attached hydrogen (secondary N) is 1. The van der Waals surface area contributed by atoms with E-state index in [0.717, 1.165) is 18.1 Å². The Morgan fingerprint density at radius 3 is 2.56 bits per heavy atom. The third-order valence-electron chi connectivity index (χ3n) is 2.57. The van der Waals surface area contributed by atoms with Crippen molar-refractivity contribution in [1.29, 1.82) is 0 Å². The molecule has 102 valence electrons. The van der Waals surface area contributed by atoms with Crippen molar-refractivity contribution in [1.82, 2.24) is 4.90 Å². The summed E-state index contributed by atoms with van der Waals surface area (Å²) in [7, 11) is 4.14. The van der Waals surface area contributed by atoms with Crippen LogP contribution in [0.4, 0.5) is 10.7 Å². The maximum atomic E-state index is 11.3. The average Bonchev–Trinajstić information content (AvgIpc) is 2.55. The summed E-state index contributed by atoms with van der Waals surface area (Å²) in [6.45, 7) is 7.82. The summed E-state index contributed by atoms with van der Waals surface area (Å²) in [6, 6.07) is 1.84. The predicted octanol–water partition coefficient (Wildman–Crippen LogP) is 2.53. The highest BCUT2D eigenvalue weighted by Gasteiger charge is 2.19. The van der Waals surface area contributed by atoms with Crippen LogP contribution in [0.1, 0.15) is 30.4 Å². The number of nitrogens with two attached hydrogens (primary N) is 1. The lowest BCUT2D eigenvalue weighted by Gasteiger charge is -2.28. The number of ketones is 1. The second kappa shape index (κ2) is 5.71. The first-order chi connectivity index (χ1) is 8.21. The third kappa shape index (κ3) is 4.31. The molecular formula is C13H23N3OS. The first-order valence-corrected chi connectivity index (χ1v) is 6.82. The number of hydrogen-bond donors (Lipinski definition) is 2. The molecule has 0 aromatic carbocycles. The molecule has 0 bridgehead atoms. The average molecular weight is 269 g/mol. The molecule has 0 amide bonds. The molecule has 1 rings (SSSR count). The molecule has 0 atom stereocenters. The van der Waals surface area contributed by atoms with E-state index in [4.69, 9.17) is 5.73 Å². The van der Waals surface area contributed by atoms with Crippen LogP contribution >= 0.6 is 11.3 Å². The van der Waals surface area contributed by atoms with Gasteiger partial charge in [0.15, 0.2) is 5.78 Å². The highest BCUT2D eigenvalue weighted by molar-refractivity contribution is 7.18. The summed E-state index contributed by atoms with van der Waals surface area (Å²) >= 11 is 1.43. The highest BCUT2D eigenvalue weighted by atomic mass is 32.1. The molecule has 18 heavy (non-hydrogen) atoms. The lowest BCUT2D eigenvalue weighted by atomic mass is 9.93. The minimum absolute atomic E-state index is 0.0260.